The van der Waals surface area contributed by atoms with Crippen molar-refractivity contribution in [2.24, 2.45) is 0 Å². The van der Waals surface area contributed by atoms with Crippen molar-refractivity contribution in [1.29, 1.82) is 0 Å². The maximum absolute atomic E-state index is 12.9. The van der Waals surface area contributed by atoms with Crippen LogP contribution in [0.4, 0.5) is 5.69 Å². The van der Waals surface area contributed by atoms with Crippen LogP contribution in [0.5, 0.6) is 5.75 Å². The van der Waals surface area contributed by atoms with E-state index in [2.05, 4.69) is 17.1 Å². The maximum atomic E-state index is 12.9. The molecule has 0 aliphatic carbocycles. The minimum Gasteiger partial charge on any atom is -0.487 e. The number of fused-ring (bicyclic) bond motifs is 2. The van der Waals surface area contributed by atoms with Crippen LogP contribution in [-0.2, 0) is 28.2 Å². The molecule has 2 aliphatic heterocycles. The van der Waals surface area contributed by atoms with Crippen molar-refractivity contribution in [3.05, 3.63) is 70.3 Å². The van der Waals surface area contributed by atoms with Crippen LogP contribution in [0, 0.1) is 0 Å². The van der Waals surface area contributed by atoms with Gasteiger partial charge in [0.1, 0.15) is 12.4 Å². The number of carboxylic acid groups (broad SMARTS) is 1. The lowest BCUT2D eigenvalue weighted by molar-refractivity contribution is -0.164. The number of carbonyl (C=O) groups excluding carboxylic acids is 1. The summed E-state index contributed by atoms with van der Waals surface area (Å²) in [5, 5.41) is 22.2. The third-order valence-corrected chi connectivity index (χ3v) is 7.72. The fourth-order valence-corrected chi connectivity index (χ4v) is 5.28. The molecule has 2 aliphatic rings. The number of rotatable bonds is 1. The number of hydrogen-bond donors (Lipinski definition) is 2. The van der Waals surface area contributed by atoms with Crippen molar-refractivity contribution in [2.45, 2.75) is 63.6 Å². The van der Waals surface area contributed by atoms with Gasteiger partial charge in [0.15, 0.2) is 5.60 Å². The Morgan fingerprint density at radius 3 is 2.53 bits per heavy atom. The topological polar surface area (TPSA) is 90.3 Å². The van der Waals surface area contributed by atoms with Gasteiger partial charge in [0, 0.05) is 31.7 Å². The minimum absolute atomic E-state index is 0.174. The Morgan fingerprint density at radius 2 is 1.74 bits per heavy atom. The summed E-state index contributed by atoms with van der Waals surface area (Å²) in [4.78, 5) is 29.0. The average Bonchev–Trinajstić information content (AvgIpc) is 2.92. The lowest BCUT2D eigenvalue weighted by atomic mass is 9.89. The number of nitrogens with zero attached hydrogens (tertiary/aromatic N) is 2. The summed E-state index contributed by atoms with van der Waals surface area (Å²) in [6, 6.07) is 10.8. The molecule has 2 bridgehead atoms. The average molecular weight is 541 g/mol. The molecule has 0 saturated heterocycles. The molecule has 8 heteroatoms. The Balaban J connectivity index is 1.75. The second kappa shape index (κ2) is 12.7. The highest BCUT2D eigenvalue weighted by atomic mass is 35.5. The van der Waals surface area contributed by atoms with Crippen molar-refractivity contribution in [3.8, 4) is 5.75 Å². The van der Waals surface area contributed by atoms with Gasteiger partial charge in [-0.25, -0.2) is 4.79 Å². The number of anilines is 1. The molecule has 0 fully saturated rings. The number of benzene rings is 2. The molecule has 204 valence electrons. The Labute approximate surface area is 229 Å². The van der Waals surface area contributed by atoms with Gasteiger partial charge in [-0.15, -0.1) is 0 Å². The minimum atomic E-state index is -2.35. The number of aliphatic hydroxyl groups is 1. The lowest BCUT2D eigenvalue weighted by Gasteiger charge is -2.30. The monoisotopic (exact) mass is 540 g/mol. The zero-order valence-electron chi connectivity index (χ0n) is 22.0. The number of carbonyl (C=O) groups is 2. The summed E-state index contributed by atoms with van der Waals surface area (Å²) in [6.45, 7) is 2.35. The summed E-state index contributed by atoms with van der Waals surface area (Å²) in [5.41, 5.74) is 0.796. The standard InChI is InChI=1S/C30H37ClN2O5/c1-32-15-7-4-2-3-5-8-16-33-17-9-6-10-22-18-25(31)13-11-23(22)21-38-27-14-12-24(19-26(27)33)30(37,29(35)36)20-28(32)34/h2,4,11-14,18-19,37H,3,5-10,15-17,20-21H2,1H3,(H,35,36)/b4-2+/t30-/m1/s1. The highest BCUT2D eigenvalue weighted by Crippen LogP contribution is 2.37. The summed E-state index contributed by atoms with van der Waals surface area (Å²) < 4.78 is 6.32. The van der Waals surface area contributed by atoms with Gasteiger partial charge in [-0.3, -0.25) is 4.79 Å². The summed E-state index contributed by atoms with van der Waals surface area (Å²) >= 11 is 6.27. The second-order valence-corrected chi connectivity index (χ2v) is 10.7. The van der Waals surface area contributed by atoms with E-state index < -0.39 is 23.9 Å². The molecule has 0 unspecified atom stereocenters. The van der Waals surface area contributed by atoms with E-state index in [4.69, 9.17) is 16.3 Å². The first kappa shape index (κ1) is 28.0. The molecule has 2 aromatic carbocycles. The van der Waals surface area contributed by atoms with Gasteiger partial charge in [0.05, 0.1) is 12.1 Å². The van der Waals surface area contributed by atoms with Gasteiger partial charge >= 0.3 is 5.97 Å². The Bertz CT molecular complexity index is 1180. The van der Waals surface area contributed by atoms with E-state index in [1.165, 1.54) is 10.5 Å². The van der Waals surface area contributed by atoms with Crippen LogP contribution in [0.1, 0.15) is 61.6 Å². The first-order valence-electron chi connectivity index (χ1n) is 13.4. The van der Waals surface area contributed by atoms with Gasteiger partial charge in [0.2, 0.25) is 5.91 Å². The molecular weight excluding hydrogens is 504 g/mol. The quantitative estimate of drug-likeness (QED) is 0.476. The van der Waals surface area contributed by atoms with Crippen LogP contribution < -0.4 is 9.64 Å². The van der Waals surface area contributed by atoms with E-state index >= 15 is 0 Å². The number of aryl methyl sites for hydroxylation is 1. The third-order valence-electron chi connectivity index (χ3n) is 7.49. The number of carboxylic acids is 1. The van der Waals surface area contributed by atoms with E-state index in [1.807, 2.05) is 18.2 Å². The molecule has 4 rings (SSSR count). The Kier molecular flexibility index (Phi) is 9.34. The Morgan fingerprint density at radius 1 is 0.974 bits per heavy atom. The molecule has 38 heavy (non-hydrogen) atoms. The molecule has 1 atom stereocenters. The predicted molar refractivity (Wildman–Crippen MR) is 149 cm³/mol. The first-order valence-corrected chi connectivity index (χ1v) is 13.8. The van der Waals surface area contributed by atoms with E-state index in [0.717, 1.165) is 62.9 Å². The van der Waals surface area contributed by atoms with E-state index in [1.54, 1.807) is 25.2 Å². The van der Waals surface area contributed by atoms with E-state index in [9.17, 15) is 19.8 Å². The fourth-order valence-electron chi connectivity index (χ4n) is 5.09. The molecule has 0 saturated carbocycles. The van der Waals surface area contributed by atoms with Crippen molar-refractivity contribution in [2.75, 3.05) is 31.6 Å². The molecular formula is C30H37ClN2O5. The van der Waals surface area contributed by atoms with Crippen molar-refractivity contribution in [1.82, 2.24) is 4.90 Å². The van der Waals surface area contributed by atoms with E-state index in [-0.39, 0.29) is 5.56 Å². The van der Waals surface area contributed by atoms with Crippen LogP contribution in [0.3, 0.4) is 0 Å². The van der Waals surface area contributed by atoms with Crippen molar-refractivity contribution < 1.29 is 24.5 Å². The van der Waals surface area contributed by atoms with E-state index in [0.29, 0.717) is 30.3 Å². The summed E-state index contributed by atoms with van der Waals surface area (Å²) in [5.74, 6) is -1.25. The number of hydrogen-bond acceptors (Lipinski definition) is 5. The smallest absolute Gasteiger partial charge is 0.340 e. The van der Waals surface area contributed by atoms with Gasteiger partial charge < -0.3 is 24.7 Å². The van der Waals surface area contributed by atoms with Crippen LogP contribution in [-0.4, -0.2) is 53.7 Å². The molecule has 2 aromatic rings. The highest BCUT2D eigenvalue weighted by molar-refractivity contribution is 6.30. The summed E-state index contributed by atoms with van der Waals surface area (Å²) in [6.07, 6.45) is 10.1. The second-order valence-electron chi connectivity index (χ2n) is 10.2. The van der Waals surface area contributed by atoms with Crippen LogP contribution in [0.25, 0.3) is 0 Å². The number of aliphatic carboxylic acids is 1. The van der Waals surface area contributed by atoms with Crippen LogP contribution in [0.15, 0.2) is 48.6 Å². The predicted octanol–water partition coefficient (Wildman–Crippen LogP) is 5.31. The fraction of sp³-hybridized carbons (Fsp3) is 0.467. The van der Waals surface area contributed by atoms with Gasteiger partial charge in [-0.05, 0) is 85.9 Å². The molecule has 1 amide bonds. The zero-order valence-corrected chi connectivity index (χ0v) is 22.8. The molecule has 2 N–H and O–H groups in total. The number of halogens is 1. The summed E-state index contributed by atoms with van der Waals surface area (Å²) in [7, 11) is 1.64. The largest absolute Gasteiger partial charge is 0.487 e. The molecule has 0 radical (unpaired) electrons. The SMILES string of the molecule is CN1CC/C=C/CCCCN2CCCCc3cc(Cl)ccc3COc3ccc(cc32)[C@@](O)(C(=O)O)CC1=O. The molecule has 7 nitrogen and oxygen atoms in total. The van der Waals surface area contributed by atoms with Gasteiger partial charge in [-0.1, -0.05) is 35.9 Å². The maximum Gasteiger partial charge on any atom is 0.340 e. The normalized spacial score (nSPS) is 22.6. The molecule has 2 heterocycles. The number of amides is 1. The van der Waals surface area contributed by atoms with Crippen molar-refractivity contribution >= 4 is 29.2 Å². The number of allylic oxidation sites excluding steroid dienone is 1. The van der Waals surface area contributed by atoms with Crippen LogP contribution >= 0.6 is 11.6 Å². The molecule has 0 aromatic heterocycles. The molecule has 0 spiro atoms. The lowest BCUT2D eigenvalue weighted by Crippen LogP contribution is -2.42. The van der Waals surface area contributed by atoms with Gasteiger partial charge in [0.25, 0.3) is 0 Å². The van der Waals surface area contributed by atoms with Crippen LogP contribution in [0.2, 0.25) is 5.02 Å². The first-order chi connectivity index (χ1) is 18.3. The number of ether oxygens (including phenoxy) is 1. The Hall–Kier alpha value is -3.03. The van der Waals surface area contributed by atoms with Gasteiger partial charge in [-0.2, -0.15) is 0 Å². The third kappa shape index (κ3) is 6.69. The zero-order chi connectivity index (χ0) is 27.1. The van der Waals surface area contributed by atoms with Crippen molar-refractivity contribution in [3.63, 3.8) is 0 Å². The highest BCUT2D eigenvalue weighted by Gasteiger charge is 2.42.